The molecule has 0 aliphatic rings. The number of sulfonamides is 1. The average Bonchev–Trinajstić information content (AvgIpc) is 2.96. The minimum atomic E-state index is -4.29. The maximum atomic E-state index is 13.8. The van der Waals surface area contributed by atoms with Crippen LogP contribution in [0, 0.1) is 6.92 Å². The summed E-state index contributed by atoms with van der Waals surface area (Å²) in [4.78, 5) is 5.78. The number of rotatable bonds is 12. The van der Waals surface area contributed by atoms with E-state index in [4.69, 9.17) is 51.1 Å². The van der Waals surface area contributed by atoms with Crippen molar-refractivity contribution in [2.75, 3.05) is 22.4 Å². The van der Waals surface area contributed by atoms with E-state index in [9.17, 15) is 17.5 Å². The van der Waals surface area contributed by atoms with Crippen LogP contribution in [0.25, 0.3) is 0 Å². The lowest BCUT2D eigenvalue weighted by atomic mass is 10.2. The van der Waals surface area contributed by atoms with Gasteiger partial charge in [0.1, 0.15) is 22.4 Å². The Labute approximate surface area is 277 Å². The summed E-state index contributed by atoms with van der Waals surface area (Å²) in [6, 6.07) is 22.1. The van der Waals surface area contributed by atoms with Crippen LogP contribution in [0.5, 0.6) is 5.75 Å². The monoisotopic (exact) mass is 713 g/mol. The Balaban J connectivity index is 1.68. The van der Waals surface area contributed by atoms with E-state index in [1.165, 1.54) is 32.0 Å². The highest BCUT2D eigenvalue weighted by Crippen LogP contribution is 2.43. The van der Waals surface area contributed by atoms with Gasteiger partial charge in [0.05, 0.1) is 22.8 Å². The molecule has 0 N–H and O–H groups in total. The average molecular weight is 715 g/mol. The Hall–Kier alpha value is -2.78. The van der Waals surface area contributed by atoms with Crippen LogP contribution < -0.4 is 13.9 Å². The molecule has 0 atom stereocenters. The zero-order chi connectivity index (χ0) is 32.2. The SMILES string of the molecule is Cc1cc(OCCN(Cc2ccccc2)c2c(Cl)c(Cl)nc(Cl)c2Cl)cc(N(C(C)(C)P(=O)=O)S(=O)(=O)c2ccccc2)c1. The van der Waals surface area contributed by atoms with Gasteiger partial charge in [0.2, 0.25) is 0 Å². The third kappa shape index (κ3) is 7.53. The largest absolute Gasteiger partial charge is 0.492 e. The van der Waals surface area contributed by atoms with E-state index in [2.05, 4.69) is 4.98 Å². The molecule has 232 valence electrons. The Morgan fingerprint density at radius 3 is 2.00 bits per heavy atom. The van der Waals surface area contributed by atoms with Crippen molar-refractivity contribution in [1.29, 1.82) is 0 Å². The van der Waals surface area contributed by atoms with Gasteiger partial charge in [0.15, 0.2) is 15.6 Å². The lowest BCUT2D eigenvalue weighted by Crippen LogP contribution is -2.44. The van der Waals surface area contributed by atoms with Gasteiger partial charge < -0.3 is 9.64 Å². The van der Waals surface area contributed by atoms with Crippen molar-refractivity contribution in [1.82, 2.24) is 4.98 Å². The van der Waals surface area contributed by atoms with Gasteiger partial charge in [-0.25, -0.2) is 26.8 Å². The van der Waals surface area contributed by atoms with E-state index in [1.807, 2.05) is 35.2 Å². The van der Waals surface area contributed by atoms with E-state index >= 15 is 0 Å². The van der Waals surface area contributed by atoms with Crippen LogP contribution >= 0.6 is 54.1 Å². The normalized spacial score (nSPS) is 11.7. The summed E-state index contributed by atoms with van der Waals surface area (Å²) in [5.41, 5.74) is 2.13. The Morgan fingerprint density at radius 2 is 1.43 bits per heavy atom. The summed E-state index contributed by atoms with van der Waals surface area (Å²) in [5, 5.41) is -1.54. The lowest BCUT2D eigenvalue weighted by Gasteiger charge is -2.34. The first-order valence-electron chi connectivity index (χ1n) is 13.2. The molecule has 4 aromatic rings. The standard InChI is InChI=1S/C30H28Cl4N3O5PS/c1-20-16-22(37(30(2,3)43(38)39)44(40,41)24-12-8-5-9-13-24)18-23(17-20)42-15-14-36(19-21-10-6-4-7-11-21)27-25(31)28(33)35-29(34)26(27)32/h4-13,16-18H,14-15,19H2,1-3H3. The molecule has 14 heteroatoms. The predicted octanol–water partition coefficient (Wildman–Crippen LogP) is 9.19. The Kier molecular flexibility index (Phi) is 10.9. The van der Waals surface area contributed by atoms with E-state index < -0.39 is 23.0 Å². The molecule has 0 radical (unpaired) electrons. The number of halogens is 4. The molecule has 0 amide bonds. The third-order valence-electron chi connectivity index (χ3n) is 6.63. The summed E-state index contributed by atoms with van der Waals surface area (Å²) in [6.07, 6.45) is 0. The molecule has 0 unspecified atom stereocenters. The van der Waals surface area contributed by atoms with Crippen molar-refractivity contribution in [3.63, 3.8) is 0 Å². The Bertz CT molecular complexity index is 1790. The van der Waals surface area contributed by atoms with E-state index in [0.29, 0.717) is 23.5 Å². The summed E-state index contributed by atoms with van der Waals surface area (Å²) in [5.74, 6) is 0.327. The summed E-state index contributed by atoms with van der Waals surface area (Å²) < 4.78 is 59.4. The smallest absolute Gasteiger partial charge is 0.342 e. The number of aryl methyl sites for hydroxylation is 1. The summed E-state index contributed by atoms with van der Waals surface area (Å²) in [7, 11) is -7.50. The molecule has 1 heterocycles. The van der Waals surface area contributed by atoms with Crippen LogP contribution in [0.3, 0.4) is 0 Å². The number of benzene rings is 3. The second kappa shape index (κ2) is 14.1. The lowest BCUT2D eigenvalue weighted by molar-refractivity contribution is 0.323. The molecule has 0 aliphatic heterocycles. The second-order valence-electron chi connectivity index (χ2n) is 10.3. The van der Waals surface area contributed by atoms with Crippen molar-refractivity contribution >= 4 is 75.5 Å². The van der Waals surface area contributed by atoms with Crippen molar-refractivity contribution in [2.45, 2.75) is 37.5 Å². The number of hydrogen-bond acceptors (Lipinski definition) is 7. The second-order valence-corrected chi connectivity index (χ2v) is 15.1. The molecule has 0 saturated carbocycles. The van der Waals surface area contributed by atoms with Gasteiger partial charge in [-0.2, -0.15) is 0 Å². The molecular formula is C30H28Cl4N3O5PS. The predicted molar refractivity (Wildman–Crippen MR) is 177 cm³/mol. The quantitative estimate of drug-likeness (QED) is 0.107. The van der Waals surface area contributed by atoms with Crippen LogP contribution in [0.15, 0.2) is 83.8 Å². The molecule has 3 aromatic carbocycles. The van der Waals surface area contributed by atoms with Gasteiger partial charge in [-0.1, -0.05) is 94.9 Å². The number of hydrogen-bond donors (Lipinski definition) is 0. The van der Waals surface area contributed by atoms with Gasteiger partial charge in [-0.15, -0.1) is 0 Å². The molecule has 0 spiro atoms. The van der Waals surface area contributed by atoms with E-state index in [-0.39, 0.29) is 44.1 Å². The topological polar surface area (TPSA) is 96.9 Å². The van der Waals surface area contributed by atoms with Crippen LogP contribution in [0.1, 0.15) is 25.0 Å². The number of nitrogens with zero attached hydrogens (tertiary/aromatic N) is 3. The van der Waals surface area contributed by atoms with E-state index in [0.717, 1.165) is 9.87 Å². The minimum Gasteiger partial charge on any atom is -0.492 e. The maximum Gasteiger partial charge on any atom is 0.342 e. The van der Waals surface area contributed by atoms with Crippen molar-refractivity contribution in [3.8, 4) is 5.75 Å². The fraction of sp³-hybridized carbons (Fsp3) is 0.233. The Morgan fingerprint density at radius 1 is 0.864 bits per heavy atom. The zero-order valence-corrected chi connectivity index (χ0v) is 28.6. The highest BCUT2D eigenvalue weighted by Gasteiger charge is 2.42. The fourth-order valence-electron chi connectivity index (χ4n) is 4.55. The highest BCUT2D eigenvalue weighted by molar-refractivity contribution is 7.93. The van der Waals surface area contributed by atoms with Crippen molar-refractivity contribution in [2.24, 2.45) is 0 Å². The van der Waals surface area contributed by atoms with Gasteiger partial charge in [0.25, 0.3) is 10.0 Å². The molecular weight excluding hydrogens is 687 g/mol. The molecule has 44 heavy (non-hydrogen) atoms. The van der Waals surface area contributed by atoms with Crippen LogP contribution in [-0.4, -0.2) is 31.8 Å². The molecule has 0 aliphatic carbocycles. The third-order valence-corrected chi connectivity index (χ3v) is 11.3. The number of anilines is 2. The van der Waals surface area contributed by atoms with Crippen LogP contribution in [-0.2, 0) is 25.7 Å². The fourth-order valence-corrected chi connectivity index (χ4v) is 7.97. The van der Waals surface area contributed by atoms with Crippen molar-refractivity contribution in [3.05, 3.63) is 110 Å². The van der Waals surface area contributed by atoms with Gasteiger partial charge in [-0.3, -0.25) is 0 Å². The summed E-state index contributed by atoms with van der Waals surface area (Å²) in [6.45, 7) is 5.18. The van der Waals surface area contributed by atoms with Crippen LogP contribution in [0.2, 0.25) is 20.4 Å². The molecule has 8 nitrogen and oxygen atoms in total. The van der Waals surface area contributed by atoms with Gasteiger partial charge >= 0.3 is 7.68 Å². The van der Waals surface area contributed by atoms with Crippen molar-refractivity contribution < 1.29 is 22.3 Å². The first-order valence-corrected chi connectivity index (χ1v) is 17.3. The number of pyridine rings is 1. The number of aromatic nitrogens is 1. The molecule has 0 fully saturated rings. The first-order chi connectivity index (χ1) is 20.7. The molecule has 1 aromatic heterocycles. The van der Waals surface area contributed by atoms with Gasteiger partial charge in [-0.05, 0) is 56.2 Å². The number of ether oxygens (including phenoxy) is 1. The maximum absolute atomic E-state index is 13.8. The molecule has 4 rings (SSSR count). The summed E-state index contributed by atoms with van der Waals surface area (Å²) >= 11 is 25.5. The highest BCUT2D eigenvalue weighted by atomic mass is 35.5. The molecule has 0 bridgehead atoms. The zero-order valence-electron chi connectivity index (χ0n) is 23.9. The molecule has 0 saturated heterocycles. The van der Waals surface area contributed by atoms with E-state index in [1.54, 1.807) is 37.3 Å². The van der Waals surface area contributed by atoms with Gasteiger partial charge in [0, 0.05) is 12.6 Å². The minimum absolute atomic E-state index is 0.00240. The first kappa shape index (κ1) is 34.1. The van der Waals surface area contributed by atoms with Crippen LogP contribution in [0.4, 0.5) is 11.4 Å².